The smallest absolute Gasteiger partial charge is 0.407 e. The average molecular weight is 314 g/mol. The molecule has 0 aromatic heterocycles. The fourth-order valence-electron chi connectivity index (χ4n) is 1.40. The van der Waals surface area contributed by atoms with E-state index in [2.05, 4.69) is 11.9 Å². The predicted molar refractivity (Wildman–Crippen MR) is 78.0 cm³/mol. The van der Waals surface area contributed by atoms with E-state index in [0.29, 0.717) is 5.75 Å². The quantitative estimate of drug-likeness (QED) is 0.756. The summed E-state index contributed by atoms with van der Waals surface area (Å²) in [4.78, 5) is 22.1. The first-order valence-electron chi connectivity index (χ1n) is 6.14. The Morgan fingerprint density at radius 3 is 2.81 bits per heavy atom. The molecule has 7 heteroatoms. The van der Waals surface area contributed by atoms with Crippen molar-refractivity contribution in [3.8, 4) is 5.75 Å². The normalized spacial score (nSPS) is 11.3. The van der Waals surface area contributed by atoms with Gasteiger partial charge in [0, 0.05) is 0 Å². The van der Waals surface area contributed by atoms with Gasteiger partial charge in [-0.3, -0.25) is 0 Å². The molecule has 1 unspecified atom stereocenters. The minimum atomic E-state index is -1.11. The fraction of sp³-hybridized carbons (Fsp3) is 0.286. The summed E-state index contributed by atoms with van der Waals surface area (Å²) in [5, 5.41) is 11.5. The molecule has 0 heterocycles. The molecule has 6 nitrogen and oxygen atoms in total. The number of halogens is 1. The van der Waals surface area contributed by atoms with Crippen LogP contribution in [0.15, 0.2) is 30.9 Å². The van der Waals surface area contributed by atoms with Crippen LogP contribution < -0.4 is 10.1 Å². The van der Waals surface area contributed by atoms with Crippen LogP contribution >= 0.6 is 11.6 Å². The van der Waals surface area contributed by atoms with Gasteiger partial charge in [0.25, 0.3) is 0 Å². The number of ether oxygens (including phenoxy) is 2. The number of carboxylic acids is 1. The summed E-state index contributed by atoms with van der Waals surface area (Å²) in [6.45, 7) is 5.49. The van der Waals surface area contributed by atoms with Crippen molar-refractivity contribution in [2.24, 2.45) is 0 Å². The molecule has 0 aliphatic carbocycles. The van der Waals surface area contributed by atoms with Gasteiger partial charge in [-0.1, -0.05) is 24.3 Å². The number of carbonyl (C=O) groups excluding carboxylic acids is 1. The van der Waals surface area contributed by atoms with E-state index in [-0.39, 0.29) is 29.8 Å². The van der Waals surface area contributed by atoms with Crippen LogP contribution in [-0.2, 0) is 4.74 Å². The summed E-state index contributed by atoms with van der Waals surface area (Å²) in [5.41, 5.74) is 0.00296. The Morgan fingerprint density at radius 1 is 1.52 bits per heavy atom. The van der Waals surface area contributed by atoms with Gasteiger partial charge in [-0.05, 0) is 25.1 Å². The molecule has 0 radical (unpaired) electrons. The third kappa shape index (κ3) is 5.74. The van der Waals surface area contributed by atoms with E-state index >= 15 is 0 Å². The van der Waals surface area contributed by atoms with Gasteiger partial charge in [-0.2, -0.15) is 0 Å². The van der Waals surface area contributed by atoms with Gasteiger partial charge in [0.05, 0.1) is 16.6 Å². The molecule has 0 spiro atoms. The third-order valence-electron chi connectivity index (χ3n) is 2.37. The number of carboxylic acid groups (broad SMARTS) is 1. The molecule has 0 aliphatic rings. The van der Waals surface area contributed by atoms with E-state index in [0.717, 1.165) is 0 Å². The molecule has 114 valence electrons. The topological polar surface area (TPSA) is 84.9 Å². The highest BCUT2D eigenvalue weighted by Crippen LogP contribution is 2.22. The van der Waals surface area contributed by atoms with E-state index in [1.807, 2.05) is 0 Å². The van der Waals surface area contributed by atoms with Crippen LogP contribution in [0.3, 0.4) is 0 Å². The van der Waals surface area contributed by atoms with Gasteiger partial charge in [-0.15, -0.1) is 0 Å². The predicted octanol–water partition coefficient (Wildman–Crippen LogP) is 2.72. The van der Waals surface area contributed by atoms with Crippen LogP contribution in [0.4, 0.5) is 4.79 Å². The van der Waals surface area contributed by atoms with E-state index < -0.39 is 12.1 Å². The molecular formula is C14H16ClNO5. The molecule has 1 amide bonds. The molecule has 0 saturated heterocycles. The van der Waals surface area contributed by atoms with Gasteiger partial charge < -0.3 is 19.9 Å². The summed E-state index contributed by atoms with van der Waals surface area (Å²) in [7, 11) is 0. The first kappa shape index (κ1) is 16.8. The molecule has 0 bridgehead atoms. The zero-order chi connectivity index (χ0) is 15.8. The highest BCUT2D eigenvalue weighted by atomic mass is 35.5. The lowest BCUT2D eigenvalue weighted by atomic mass is 10.2. The maximum Gasteiger partial charge on any atom is 0.407 e. The minimum Gasteiger partial charge on any atom is -0.491 e. The van der Waals surface area contributed by atoms with Gasteiger partial charge in [-0.25, -0.2) is 9.59 Å². The Balaban J connectivity index is 2.48. The van der Waals surface area contributed by atoms with Crippen LogP contribution in [0.25, 0.3) is 0 Å². The summed E-state index contributed by atoms with van der Waals surface area (Å²) in [6, 6.07) is 3.97. The zero-order valence-corrected chi connectivity index (χ0v) is 12.2. The Morgan fingerprint density at radius 2 is 2.24 bits per heavy atom. The number of rotatable bonds is 7. The summed E-state index contributed by atoms with van der Waals surface area (Å²) >= 11 is 5.82. The van der Waals surface area contributed by atoms with E-state index in [1.165, 1.54) is 24.3 Å². The monoisotopic (exact) mass is 313 g/mol. The number of hydrogen-bond acceptors (Lipinski definition) is 4. The third-order valence-corrected chi connectivity index (χ3v) is 2.68. The molecule has 0 saturated carbocycles. The molecule has 2 N–H and O–H groups in total. The number of amides is 1. The first-order valence-corrected chi connectivity index (χ1v) is 6.51. The van der Waals surface area contributed by atoms with Crippen molar-refractivity contribution in [2.75, 3.05) is 13.2 Å². The summed E-state index contributed by atoms with van der Waals surface area (Å²) < 4.78 is 10.2. The summed E-state index contributed by atoms with van der Waals surface area (Å²) in [5.74, 6) is -0.690. The maximum absolute atomic E-state index is 11.3. The Labute approximate surface area is 127 Å². The van der Waals surface area contributed by atoms with Crippen molar-refractivity contribution >= 4 is 23.7 Å². The van der Waals surface area contributed by atoms with Crippen LogP contribution in [0, 0.1) is 0 Å². The first-order chi connectivity index (χ1) is 9.93. The number of hydrogen-bond donors (Lipinski definition) is 2. The van der Waals surface area contributed by atoms with Crippen LogP contribution in [0.5, 0.6) is 5.75 Å². The SMILES string of the molecule is C=CCOC(=O)NC(C)COc1ccc(C(=O)O)c(Cl)c1. The van der Waals surface area contributed by atoms with Crippen molar-refractivity contribution in [3.63, 3.8) is 0 Å². The molecular weight excluding hydrogens is 298 g/mol. The van der Waals surface area contributed by atoms with Crippen LogP contribution in [0.2, 0.25) is 5.02 Å². The molecule has 21 heavy (non-hydrogen) atoms. The lowest BCUT2D eigenvalue weighted by molar-refractivity contribution is 0.0697. The maximum atomic E-state index is 11.3. The van der Waals surface area contributed by atoms with Gasteiger partial charge in [0.2, 0.25) is 0 Å². The Hall–Kier alpha value is -2.21. The second-order valence-corrected chi connectivity index (χ2v) is 4.60. The fourth-order valence-corrected chi connectivity index (χ4v) is 1.65. The molecule has 0 aliphatic heterocycles. The second-order valence-electron chi connectivity index (χ2n) is 4.19. The molecule has 0 fully saturated rings. The van der Waals surface area contributed by atoms with E-state index in [1.54, 1.807) is 6.92 Å². The van der Waals surface area contributed by atoms with Crippen molar-refractivity contribution < 1.29 is 24.2 Å². The van der Waals surface area contributed by atoms with Crippen molar-refractivity contribution in [1.29, 1.82) is 0 Å². The highest BCUT2D eigenvalue weighted by Gasteiger charge is 2.11. The van der Waals surface area contributed by atoms with Crippen LogP contribution in [0.1, 0.15) is 17.3 Å². The second kappa shape index (κ2) is 8.16. The van der Waals surface area contributed by atoms with E-state index in [4.69, 9.17) is 26.2 Å². The van der Waals surface area contributed by atoms with Gasteiger partial charge in [0.15, 0.2) is 0 Å². The average Bonchev–Trinajstić information content (AvgIpc) is 2.42. The Bertz CT molecular complexity index is 532. The lowest BCUT2D eigenvalue weighted by Crippen LogP contribution is -2.37. The summed E-state index contributed by atoms with van der Waals surface area (Å²) in [6.07, 6.45) is 0.900. The molecule has 1 atom stereocenters. The van der Waals surface area contributed by atoms with Crippen molar-refractivity contribution in [1.82, 2.24) is 5.32 Å². The Kier molecular flexibility index (Phi) is 6.55. The number of nitrogens with one attached hydrogen (secondary N) is 1. The highest BCUT2D eigenvalue weighted by molar-refractivity contribution is 6.33. The number of benzene rings is 1. The standard InChI is InChI=1S/C14H16ClNO5/c1-3-6-20-14(19)16-9(2)8-21-10-4-5-11(13(17)18)12(15)7-10/h3-5,7,9H,1,6,8H2,2H3,(H,16,19)(H,17,18). The molecule has 1 aromatic rings. The van der Waals surface area contributed by atoms with Crippen molar-refractivity contribution in [3.05, 3.63) is 41.4 Å². The number of carbonyl (C=O) groups is 2. The molecule has 1 aromatic carbocycles. The van der Waals surface area contributed by atoms with Gasteiger partial charge >= 0.3 is 12.1 Å². The number of aromatic carboxylic acids is 1. The lowest BCUT2D eigenvalue weighted by Gasteiger charge is -2.15. The van der Waals surface area contributed by atoms with E-state index in [9.17, 15) is 9.59 Å². The minimum absolute atomic E-state index is 0.00296. The number of alkyl carbamates (subject to hydrolysis) is 1. The van der Waals surface area contributed by atoms with Crippen molar-refractivity contribution in [2.45, 2.75) is 13.0 Å². The van der Waals surface area contributed by atoms with Gasteiger partial charge in [0.1, 0.15) is 19.0 Å². The largest absolute Gasteiger partial charge is 0.491 e. The molecule has 1 rings (SSSR count). The zero-order valence-electron chi connectivity index (χ0n) is 11.5. The van der Waals surface area contributed by atoms with Crippen LogP contribution in [-0.4, -0.2) is 36.4 Å².